The average molecular weight is 390 g/mol. The molecule has 2 N–H and O–H groups in total. The Morgan fingerprint density at radius 2 is 1.66 bits per heavy atom. The largest absolute Gasteiger partial charge is 0.481 e. The van der Waals surface area contributed by atoms with Crippen molar-refractivity contribution in [3.63, 3.8) is 0 Å². The van der Waals surface area contributed by atoms with Crippen LogP contribution in [0.4, 0.5) is 11.4 Å². The fraction of sp³-hybridized carbons (Fsp3) is 0.261. The molecule has 2 aliphatic carbocycles. The van der Waals surface area contributed by atoms with Gasteiger partial charge in [0.1, 0.15) is 0 Å². The summed E-state index contributed by atoms with van der Waals surface area (Å²) in [5.74, 6) is -2.85. The predicted molar refractivity (Wildman–Crippen MR) is 110 cm³/mol. The maximum absolute atomic E-state index is 12.9. The first-order valence-electron chi connectivity index (χ1n) is 9.61. The van der Waals surface area contributed by atoms with Crippen LogP contribution < -0.4 is 10.2 Å². The van der Waals surface area contributed by atoms with Crippen LogP contribution in [-0.2, 0) is 9.59 Å². The monoisotopic (exact) mass is 390 g/mol. The first kappa shape index (κ1) is 18.9. The Balaban J connectivity index is 1.51. The normalized spacial score (nSPS) is 24.3. The van der Waals surface area contributed by atoms with E-state index in [0.717, 1.165) is 5.69 Å². The van der Waals surface area contributed by atoms with Gasteiger partial charge in [-0.1, -0.05) is 36.4 Å². The van der Waals surface area contributed by atoms with Gasteiger partial charge in [-0.15, -0.1) is 0 Å². The van der Waals surface area contributed by atoms with Gasteiger partial charge >= 0.3 is 5.97 Å². The van der Waals surface area contributed by atoms with Gasteiger partial charge in [0.15, 0.2) is 0 Å². The first-order valence-corrected chi connectivity index (χ1v) is 9.61. The Hall–Kier alpha value is -3.41. The number of hydrogen-bond donors (Lipinski definition) is 2. The number of rotatable bonds is 5. The second kappa shape index (κ2) is 7.54. The maximum Gasteiger partial charge on any atom is 0.307 e. The van der Waals surface area contributed by atoms with Crippen LogP contribution in [0.25, 0.3) is 0 Å². The summed E-state index contributed by atoms with van der Waals surface area (Å²) in [6.45, 7) is 0. The number of nitrogens with zero attached hydrogens (tertiary/aromatic N) is 1. The number of fused-ring (bicyclic) bond motifs is 2. The molecule has 4 atom stereocenters. The zero-order valence-corrected chi connectivity index (χ0v) is 16.0. The highest BCUT2D eigenvalue weighted by Gasteiger charge is 2.51. The van der Waals surface area contributed by atoms with Crippen LogP contribution in [-0.4, -0.2) is 29.9 Å². The van der Waals surface area contributed by atoms with E-state index >= 15 is 0 Å². The molecule has 1 saturated carbocycles. The molecule has 6 nitrogen and oxygen atoms in total. The molecule has 0 radical (unpaired) electrons. The molecule has 0 saturated heterocycles. The number of carbonyl (C=O) groups excluding carboxylic acids is 2. The van der Waals surface area contributed by atoms with Gasteiger partial charge in [-0.25, -0.2) is 0 Å². The van der Waals surface area contributed by atoms with Crippen molar-refractivity contribution < 1.29 is 19.5 Å². The molecule has 0 unspecified atom stereocenters. The molecule has 29 heavy (non-hydrogen) atoms. The van der Waals surface area contributed by atoms with E-state index in [-0.39, 0.29) is 23.7 Å². The average Bonchev–Trinajstić information content (AvgIpc) is 3.35. The molecule has 0 spiro atoms. The van der Waals surface area contributed by atoms with Crippen molar-refractivity contribution in [2.45, 2.75) is 6.42 Å². The second-order valence-electron chi connectivity index (χ2n) is 7.61. The topological polar surface area (TPSA) is 86.7 Å². The van der Waals surface area contributed by atoms with Crippen molar-refractivity contribution >= 4 is 29.2 Å². The fourth-order valence-corrected chi connectivity index (χ4v) is 4.43. The third-order valence-electron chi connectivity index (χ3n) is 5.87. The zero-order valence-electron chi connectivity index (χ0n) is 16.0. The predicted octanol–water partition coefficient (Wildman–Crippen LogP) is 3.42. The molecule has 4 rings (SSSR count). The van der Waals surface area contributed by atoms with Gasteiger partial charge in [0.2, 0.25) is 5.91 Å². The van der Waals surface area contributed by atoms with E-state index in [9.17, 15) is 19.5 Å². The summed E-state index contributed by atoms with van der Waals surface area (Å²) in [5.41, 5.74) is 1.69. The van der Waals surface area contributed by atoms with Crippen LogP contribution in [0.15, 0.2) is 66.7 Å². The third kappa shape index (κ3) is 3.53. The highest BCUT2D eigenvalue weighted by atomic mass is 16.4. The molecule has 1 fully saturated rings. The van der Waals surface area contributed by atoms with Gasteiger partial charge in [0, 0.05) is 24.0 Å². The molecule has 0 aromatic heterocycles. The summed E-state index contributed by atoms with van der Waals surface area (Å²) in [6.07, 6.45) is 4.56. The molecule has 2 aliphatic rings. The van der Waals surface area contributed by atoms with Crippen molar-refractivity contribution in [1.82, 2.24) is 0 Å². The Bertz CT molecular complexity index is 985. The quantitative estimate of drug-likeness (QED) is 0.766. The van der Waals surface area contributed by atoms with Crippen LogP contribution in [0.2, 0.25) is 0 Å². The Kier molecular flexibility index (Phi) is 4.92. The van der Waals surface area contributed by atoms with Gasteiger partial charge < -0.3 is 15.3 Å². The maximum atomic E-state index is 12.9. The highest BCUT2D eigenvalue weighted by molar-refractivity contribution is 6.07. The van der Waals surface area contributed by atoms with E-state index in [1.807, 2.05) is 42.5 Å². The van der Waals surface area contributed by atoms with Crippen molar-refractivity contribution in [3.8, 4) is 0 Å². The van der Waals surface area contributed by atoms with Crippen molar-refractivity contribution in [3.05, 3.63) is 72.3 Å². The van der Waals surface area contributed by atoms with Crippen LogP contribution in [0.1, 0.15) is 16.8 Å². The summed E-state index contributed by atoms with van der Waals surface area (Å²) in [5, 5.41) is 12.4. The number of carboxylic acid groups (broad SMARTS) is 1. The molecule has 148 valence electrons. The molecule has 2 aromatic carbocycles. The van der Waals surface area contributed by atoms with Gasteiger partial charge in [-0.05, 0) is 48.6 Å². The van der Waals surface area contributed by atoms with Gasteiger partial charge in [0.25, 0.3) is 5.91 Å². The third-order valence-corrected chi connectivity index (χ3v) is 5.87. The van der Waals surface area contributed by atoms with Crippen LogP contribution in [0.3, 0.4) is 0 Å². The number of benzene rings is 2. The molecule has 2 bridgehead atoms. The van der Waals surface area contributed by atoms with E-state index < -0.39 is 17.8 Å². The molecule has 0 aliphatic heterocycles. The molecule has 0 heterocycles. The Morgan fingerprint density at radius 1 is 0.966 bits per heavy atom. The number of nitrogens with one attached hydrogen (secondary N) is 1. The lowest BCUT2D eigenvalue weighted by Gasteiger charge is -2.24. The number of anilines is 2. The number of allylic oxidation sites excluding steroid dienone is 2. The number of aliphatic carboxylic acids is 1. The molecule has 6 heteroatoms. The SMILES string of the molecule is CN(C(=O)c1cccc(NC(=O)[C@@H]2[C@H](C(=O)O)[C@H]3C=C[C@H]2C3)c1)c1ccccc1. The number of carboxylic acids is 1. The smallest absolute Gasteiger partial charge is 0.307 e. The number of amides is 2. The van der Waals surface area contributed by atoms with E-state index in [1.165, 1.54) is 0 Å². The first-order chi connectivity index (χ1) is 14.0. The van der Waals surface area contributed by atoms with Crippen LogP contribution in [0, 0.1) is 23.7 Å². The lowest BCUT2D eigenvalue weighted by molar-refractivity contribution is -0.146. The fourth-order valence-electron chi connectivity index (χ4n) is 4.43. The van der Waals surface area contributed by atoms with E-state index in [4.69, 9.17) is 0 Å². The van der Waals surface area contributed by atoms with Crippen LogP contribution in [0.5, 0.6) is 0 Å². The molecule has 2 amide bonds. The van der Waals surface area contributed by atoms with Crippen LogP contribution >= 0.6 is 0 Å². The summed E-state index contributed by atoms with van der Waals surface area (Å²) < 4.78 is 0. The lowest BCUT2D eigenvalue weighted by atomic mass is 9.82. The summed E-state index contributed by atoms with van der Waals surface area (Å²) in [7, 11) is 1.70. The zero-order chi connectivity index (χ0) is 20.5. The number of hydrogen-bond acceptors (Lipinski definition) is 3. The molecular formula is C23H22N2O4. The summed E-state index contributed by atoms with van der Waals surface area (Å²) in [4.78, 5) is 38.9. The summed E-state index contributed by atoms with van der Waals surface area (Å²) >= 11 is 0. The lowest BCUT2D eigenvalue weighted by Crippen LogP contribution is -2.36. The van der Waals surface area contributed by atoms with Crippen molar-refractivity contribution in [1.29, 1.82) is 0 Å². The Labute approximate surface area is 168 Å². The Morgan fingerprint density at radius 3 is 2.34 bits per heavy atom. The van der Waals surface area contributed by atoms with Crippen molar-refractivity contribution in [2.75, 3.05) is 17.3 Å². The number of carbonyl (C=O) groups is 3. The minimum Gasteiger partial charge on any atom is -0.481 e. The number of para-hydroxylation sites is 1. The van der Waals surface area contributed by atoms with E-state index in [1.54, 1.807) is 36.2 Å². The molecular weight excluding hydrogens is 368 g/mol. The minimum absolute atomic E-state index is 0.0462. The van der Waals surface area contributed by atoms with E-state index in [0.29, 0.717) is 17.7 Å². The summed E-state index contributed by atoms with van der Waals surface area (Å²) in [6, 6.07) is 16.0. The van der Waals surface area contributed by atoms with Gasteiger partial charge in [-0.3, -0.25) is 14.4 Å². The van der Waals surface area contributed by atoms with Gasteiger partial charge in [-0.2, -0.15) is 0 Å². The standard InChI is InChI=1S/C23H22N2O4/c1-25(18-8-3-2-4-9-18)22(27)16-6-5-7-17(13-16)24-21(26)19-14-10-11-15(12-14)20(19)23(28)29/h2-11,13-15,19-20H,12H2,1H3,(H,24,26)(H,28,29)/t14-,15-,19-,20+/m0/s1. The van der Waals surface area contributed by atoms with Crippen molar-refractivity contribution in [2.24, 2.45) is 23.7 Å². The minimum atomic E-state index is -0.935. The molecule has 2 aromatic rings. The van der Waals surface area contributed by atoms with E-state index in [2.05, 4.69) is 5.32 Å². The highest BCUT2D eigenvalue weighted by Crippen LogP contribution is 2.48. The van der Waals surface area contributed by atoms with Gasteiger partial charge in [0.05, 0.1) is 11.8 Å². The second-order valence-corrected chi connectivity index (χ2v) is 7.61.